The SMILES string of the molecule is CCCCCCCCCCC(CN(CC(CCCCCCCCCC)OO[Si](C)(C)C(C)(C)C)C(S)CCCC(=O)O)OO[Si](C)(C)C(C)(C)C. The van der Waals surface area contributed by atoms with Gasteiger partial charge in [0.2, 0.25) is 16.6 Å². The van der Waals surface area contributed by atoms with E-state index in [0.29, 0.717) is 25.9 Å². The lowest BCUT2D eigenvalue weighted by atomic mass is 10.0. The van der Waals surface area contributed by atoms with Crippen molar-refractivity contribution in [2.75, 3.05) is 13.1 Å². The Bertz CT molecular complexity index is 808. The molecule has 0 fully saturated rings. The van der Waals surface area contributed by atoms with Gasteiger partial charge in [-0.1, -0.05) is 158 Å². The predicted octanol–water partition coefficient (Wildman–Crippen LogP) is 13.5. The van der Waals surface area contributed by atoms with E-state index in [2.05, 4.69) is 86.5 Å². The summed E-state index contributed by atoms with van der Waals surface area (Å²) in [6.45, 7) is 28.2. The Morgan fingerprint density at radius 1 is 0.588 bits per heavy atom. The lowest BCUT2D eigenvalue weighted by Crippen LogP contribution is -2.47. The molecule has 3 atom stereocenters. The molecule has 0 aliphatic heterocycles. The molecule has 0 rings (SSSR count). The summed E-state index contributed by atoms with van der Waals surface area (Å²) in [5.74, 6) is -0.764. The van der Waals surface area contributed by atoms with Crippen molar-refractivity contribution in [3.63, 3.8) is 0 Å². The number of carboxylic acid groups (broad SMARTS) is 1. The molecule has 0 heterocycles. The number of hydrogen-bond acceptors (Lipinski definition) is 7. The monoisotopic (exact) mass is 778 g/mol. The van der Waals surface area contributed by atoms with E-state index in [1.807, 2.05) is 0 Å². The molecular formula is C41H87NO6SSi2. The van der Waals surface area contributed by atoms with Crippen LogP contribution in [0.4, 0.5) is 0 Å². The van der Waals surface area contributed by atoms with Crippen molar-refractivity contribution < 1.29 is 28.8 Å². The number of nitrogens with zero attached hydrogens (tertiary/aromatic N) is 1. The maximum absolute atomic E-state index is 11.4. The zero-order valence-electron chi connectivity index (χ0n) is 35.9. The van der Waals surface area contributed by atoms with E-state index >= 15 is 0 Å². The highest BCUT2D eigenvalue weighted by Gasteiger charge is 2.41. The maximum Gasteiger partial charge on any atom is 0.303 e. The van der Waals surface area contributed by atoms with Gasteiger partial charge in [-0.2, -0.15) is 12.6 Å². The maximum atomic E-state index is 11.4. The van der Waals surface area contributed by atoms with Gasteiger partial charge in [0.1, 0.15) is 12.2 Å². The Hall–Kier alpha value is 0.0538. The molecule has 0 aliphatic rings. The summed E-state index contributed by atoms with van der Waals surface area (Å²) < 4.78 is 12.8. The summed E-state index contributed by atoms with van der Waals surface area (Å²) in [7, 11) is -4.28. The van der Waals surface area contributed by atoms with Crippen molar-refractivity contribution >= 4 is 35.2 Å². The van der Waals surface area contributed by atoms with Gasteiger partial charge in [-0.05, 0) is 61.9 Å². The minimum Gasteiger partial charge on any atom is -0.481 e. The van der Waals surface area contributed by atoms with E-state index in [-0.39, 0.29) is 34.1 Å². The summed E-state index contributed by atoms with van der Waals surface area (Å²) in [6, 6.07) is 0. The van der Waals surface area contributed by atoms with E-state index in [4.69, 9.17) is 31.6 Å². The van der Waals surface area contributed by atoms with Crippen LogP contribution in [0.5, 0.6) is 0 Å². The molecule has 0 radical (unpaired) electrons. The number of rotatable bonds is 33. The zero-order valence-corrected chi connectivity index (χ0v) is 38.8. The van der Waals surface area contributed by atoms with E-state index in [1.165, 1.54) is 89.9 Å². The Kier molecular flexibility index (Phi) is 27.6. The van der Waals surface area contributed by atoms with Crippen LogP contribution in [0.25, 0.3) is 0 Å². The third-order valence-corrected chi connectivity index (χ3v) is 20.1. The average molecular weight is 778 g/mol. The molecule has 0 saturated carbocycles. The third-order valence-electron chi connectivity index (χ3n) is 11.3. The fourth-order valence-corrected chi connectivity index (χ4v) is 7.06. The highest BCUT2D eigenvalue weighted by Crippen LogP contribution is 2.38. The minimum atomic E-state index is -2.14. The number of hydrogen-bond donors (Lipinski definition) is 2. The molecule has 51 heavy (non-hydrogen) atoms. The highest BCUT2D eigenvalue weighted by atomic mass is 32.1. The van der Waals surface area contributed by atoms with Gasteiger partial charge in [0.05, 0.1) is 5.37 Å². The minimum absolute atomic E-state index is 0.0364. The molecular weight excluding hydrogens is 691 g/mol. The van der Waals surface area contributed by atoms with Crippen LogP contribution in [0.2, 0.25) is 36.3 Å². The van der Waals surface area contributed by atoms with E-state index < -0.39 is 22.6 Å². The van der Waals surface area contributed by atoms with Gasteiger partial charge in [0.15, 0.2) is 0 Å². The Labute approximate surface area is 325 Å². The Morgan fingerprint density at radius 2 is 0.922 bits per heavy atom. The number of carbonyl (C=O) groups is 1. The molecule has 0 spiro atoms. The van der Waals surface area contributed by atoms with Crippen LogP contribution < -0.4 is 0 Å². The molecule has 306 valence electrons. The molecule has 3 unspecified atom stereocenters. The summed E-state index contributed by atoms with van der Waals surface area (Å²) in [5.41, 5.74) is 0. The number of carboxylic acids is 1. The zero-order chi connectivity index (χ0) is 39.0. The van der Waals surface area contributed by atoms with Crippen molar-refractivity contribution in [1.82, 2.24) is 4.90 Å². The lowest BCUT2D eigenvalue weighted by Gasteiger charge is -2.39. The van der Waals surface area contributed by atoms with Crippen molar-refractivity contribution in [3.8, 4) is 0 Å². The third kappa shape index (κ3) is 25.0. The van der Waals surface area contributed by atoms with Crippen molar-refractivity contribution in [3.05, 3.63) is 0 Å². The number of aliphatic carboxylic acids is 1. The number of unbranched alkanes of at least 4 members (excludes halogenated alkanes) is 14. The molecule has 0 saturated heterocycles. The summed E-state index contributed by atoms with van der Waals surface area (Å²) in [6.07, 6.45) is 23.2. The largest absolute Gasteiger partial charge is 0.481 e. The molecule has 0 aliphatic carbocycles. The normalized spacial score (nSPS) is 15.0. The fourth-order valence-electron chi connectivity index (χ4n) is 5.44. The first kappa shape index (κ1) is 51.1. The fraction of sp³-hybridized carbons (Fsp3) is 0.976. The first-order chi connectivity index (χ1) is 23.8. The molecule has 1 N–H and O–H groups in total. The Balaban J connectivity index is 6.01. The molecule has 0 aromatic rings. The van der Waals surface area contributed by atoms with Crippen LogP contribution in [-0.4, -0.2) is 63.3 Å². The lowest BCUT2D eigenvalue weighted by molar-refractivity contribution is -0.273. The second kappa shape index (κ2) is 27.6. The average Bonchev–Trinajstić information content (AvgIpc) is 3.02. The van der Waals surface area contributed by atoms with Gasteiger partial charge >= 0.3 is 5.97 Å². The van der Waals surface area contributed by atoms with Crippen molar-refractivity contribution in [1.29, 1.82) is 0 Å². The second-order valence-corrected chi connectivity index (χ2v) is 28.3. The van der Waals surface area contributed by atoms with E-state index in [1.54, 1.807) is 0 Å². The van der Waals surface area contributed by atoms with Gasteiger partial charge in [-0.3, -0.25) is 18.8 Å². The van der Waals surface area contributed by atoms with Crippen LogP contribution >= 0.6 is 12.6 Å². The standard InChI is InChI=1S/C41H87NO6SSi2/c1-13-15-17-19-21-23-25-27-30-36(45-47-50(9,10)40(3,4)5)34-42(38(49)32-29-33-39(43)44)35-37(46-48-51(11,12)41(6,7)8)31-28-26-24-22-20-18-16-14-2/h36-38,49H,13-35H2,1-12H3,(H,43,44). The summed E-state index contributed by atoms with van der Waals surface area (Å²) in [4.78, 5) is 26.6. The van der Waals surface area contributed by atoms with Gasteiger partial charge in [0, 0.05) is 19.5 Å². The Morgan fingerprint density at radius 3 is 1.24 bits per heavy atom. The van der Waals surface area contributed by atoms with Gasteiger partial charge in [0.25, 0.3) is 0 Å². The van der Waals surface area contributed by atoms with Crippen LogP contribution in [0, 0.1) is 0 Å². The first-order valence-corrected chi connectivity index (χ1v) is 27.4. The molecule has 0 amide bonds. The quantitative estimate of drug-likeness (QED) is 0.0172. The van der Waals surface area contributed by atoms with Crippen LogP contribution in [0.15, 0.2) is 0 Å². The van der Waals surface area contributed by atoms with Crippen LogP contribution in [0.3, 0.4) is 0 Å². The molecule has 0 bridgehead atoms. The van der Waals surface area contributed by atoms with Crippen molar-refractivity contribution in [2.24, 2.45) is 0 Å². The number of thiol groups is 1. The highest BCUT2D eigenvalue weighted by molar-refractivity contribution is 7.80. The summed E-state index contributed by atoms with van der Waals surface area (Å²) in [5, 5.41) is 9.33. The van der Waals surface area contributed by atoms with E-state index in [0.717, 1.165) is 25.7 Å². The van der Waals surface area contributed by atoms with Crippen LogP contribution in [0.1, 0.15) is 190 Å². The van der Waals surface area contributed by atoms with E-state index in [9.17, 15) is 9.90 Å². The van der Waals surface area contributed by atoms with Crippen LogP contribution in [-0.2, 0) is 23.7 Å². The first-order valence-electron chi connectivity index (χ1n) is 21.1. The molecule has 10 heteroatoms. The van der Waals surface area contributed by atoms with Gasteiger partial charge < -0.3 is 5.11 Å². The predicted molar refractivity (Wildman–Crippen MR) is 227 cm³/mol. The van der Waals surface area contributed by atoms with Gasteiger partial charge in [-0.15, -0.1) is 0 Å². The molecule has 0 aromatic heterocycles. The topological polar surface area (TPSA) is 77.5 Å². The summed E-state index contributed by atoms with van der Waals surface area (Å²) >= 11 is 5.11. The smallest absolute Gasteiger partial charge is 0.303 e. The van der Waals surface area contributed by atoms with Crippen molar-refractivity contribution in [2.45, 2.75) is 244 Å². The second-order valence-electron chi connectivity index (χ2n) is 18.4. The molecule has 0 aromatic carbocycles. The van der Waals surface area contributed by atoms with Gasteiger partial charge in [-0.25, -0.2) is 9.78 Å². The molecule has 7 nitrogen and oxygen atoms in total.